The van der Waals surface area contributed by atoms with Crippen molar-refractivity contribution in [2.75, 3.05) is 19.7 Å². The predicted molar refractivity (Wildman–Crippen MR) is 219 cm³/mol. The zero-order valence-electron chi connectivity index (χ0n) is 34.1. The minimum atomic E-state index is 0.509. The summed E-state index contributed by atoms with van der Waals surface area (Å²) < 4.78 is 6.20. The van der Waals surface area contributed by atoms with Gasteiger partial charge in [-0.2, -0.15) is 5.06 Å². The number of unbranched alkanes of at least 4 members (excludes halogenated alkanes) is 21. The summed E-state index contributed by atoms with van der Waals surface area (Å²) in [5.41, 5.74) is 4.70. The third-order valence-electron chi connectivity index (χ3n) is 10.7. The van der Waals surface area contributed by atoms with Crippen molar-refractivity contribution in [1.82, 2.24) is 5.06 Å². The topological polar surface area (TPSA) is 32.7 Å². The highest BCUT2D eigenvalue weighted by Crippen LogP contribution is 2.28. The quantitative estimate of drug-likeness (QED) is 0.0229. The number of hydroxylamine groups is 2. The van der Waals surface area contributed by atoms with Gasteiger partial charge in [-0.15, -0.1) is 0 Å². The van der Waals surface area contributed by atoms with Crippen LogP contribution in [0.25, 0.3) is 0 Å². The van der Waals surface area contributed by atoms with Crippen molar-refractivity contribution in [1.29, 1.82) is 0 Å². The summed E-state index contributed by atoms with van der Waals surface area (Å²) in [6.45, 7) is 20.1. The van der Waals surface area contributed by atoms with Crippen molar-refractivity contribution in [3.05, 3.63) is 30.2 Å². The van der Waals surface area contributed by atoms with E-state index in [-0.39, 0.29) is 0 Å². The maximum atomic E-state index is 10.3. The van der Waals surface area contributed by atoms with Gasteiger partial charge in [0.15, 0.2) is 0 Å². The van der Waals surface area contributed by atoms with Gasteiger partial charge in [-0.3, -0.25) is 0 Å². The third kappa shape index (κ3) is 31.4. The Morgan fingerprint density at radius 2 is 0.898 bits per heavy atom. The number of nitrogens with zero attached hydrogens (tertiary/aromatic N) is 1. The molecule has 0 aromatic carbocycles. The third-order valence-corrected chi connectivity index (χ3v) is 10.7. The van der Waals surface area contributed by atoms with E-state index < -0.39 is 0 Å². The van der Waals surface area contributed by atoms with Gasteiger partial charge in [-0.05, 0) is 63.7 Å². The van der Waals surface area contributed by atoms with Gasteiger partial charge < -0.3 is 9.94 Å². The Hall–Kier alpha value is -1.02. The normalized spacial score (nSPS) is 12.7. The standard InChI is InChI=1S/C46H89NO2/c1-7-12-16-30-38-44(36-14-9-3)43(6)35-29-25-21-18-19-22-26-32-40-47(48)41-33-27-23-20-24-28-34-42-49-46(11-5)45(37-15-10-4)39-31-17-13-8-2/h44-45,48H,5-10,12-42H2,1-4H3. The Labute approximate surface area is 309 Å². The van der Waals surface area contributed by atoms with Crippen LogP contribution >= 0.6 is 0 Å². The minimum absolute atomic E-state index is 0.509. The first-order chi connectivity index (χ1) is 24.0. The fourth-order valence-corrected chi connectivity index (χ4v) is 7.29. The summed E-state index contributed by atoms with van der Waals surface area (Å²) in [5, 5.41) is 11.8. The summed E-state index contributed by atoms with van der Waals surface area (Å²) in [5.74, 6) is 2.31. The van der Waals surface area contributed by atoms with E-state index in [1.165, 1.54) is 186 Å². The van der Waals surface area contributed by atoms with E-state index in [9.17, 15) is 5.21 Å². The molecule has 2 atom stereocenters. The van der Waals surface area contributed by atoms with Crippen LogP contribution in [0.1, 0.15) is 233 Å². The molecule has 0 spiro atoms. The van der Waals surface area contributed by atoms with Gasteiger partial charge in [0.05, 0.1) is 6.61 Å². The van der Waals surface area contributed by atoms with Crippen molar-refractivity contribution >= 4 is 0 Å². The van der Waals surface area contributed by atoms with Crippen LogP contribution in [0.3, 0.4) is 0 Å². The summed E-state index contributed by atoms with van der Waals surface area (Å²) in [6, 6.07) is 0. The minimum Gasteiger partial charge on any atom is -0.490 e. The van der Waals surface area contributed by atoms with Gasteiger partial charge in [0.25, 0.3) is 0 Å². The highest BCUT2D eigenvalue weighted by atomic mass is 16.5. The van der Waals surface area contributed by atoms with E-state index in [1.54, 1.807) is 10.6 Å². The maximum absolute atomic E-state index is 10.3. The van der Waals surface area contributed by atoms with Crippen LogP contribution in [0.4, 0.5) is 0 Å². The molecule has 2 unspecified atom stereocenters. The number of hydrogen-bond donors (Lipinski definition) is 1. The molecular formula is C46H89NO2. The molecule has 3 nitrogen and oxygen atoms in total. The molecule has 290 valence electrons. The number of hydrogen-bond acceptors (Lipinski definition) is 3. The molecule has 0 bridgehead atoms. The molecule has 0 radical (unpaired) electrons. The van der Waals surface area contributed by atoms with Gasteiger partial charge in [0, 0.05) is 19.0 Å². The fraction of sp³-hybridized carbons (Fsp3) is 0.891. The lowest BCUT2D eigenvalue weighted by Gasteiger charge is -2.19. The Bertz CT molecular complexity index is 741. The molecule has 0 aliphatic rings. The van der Waals surface area contributed by atoms with E-state index in [0.717, 1.165) is 50.6 Å². The summed E-state index contributed by atoms with van der Waals surface area (Å²) in [4.78, 5) is 0. The molecule has 0 aromatic rings. The lowest BCUT2D eigenvalue weighted by atomic mass is 9.86. The first-order valence-electron chi connectivity index (χ1n) is 22.2. The molecule has 0 saturated heterocycles. The lowest BCUT2D eigenvalue weighted by molar-refractivity contribution is -0.0925. The average Bonchev–Trinajstić information content (AvgIpc) is 3.11. The predicted octanol–water partition coefficient (Wildman–Crippen LogP) is 15.7. The Kier molecular flexibility index (Phi) is 37.4. The fourth-order valence-electron chi connectivity index (χ4n) is 7.29. The van der Waals surface area contributed by atoms with Crippen molar-refractivity contribution in [2.24, 2.45) is 11.8 Å². The Morgan fingerprint density at radius 1 is 0.510 bits per heavy atom. The number of allylic oxidation sites excluding steroid dienone is 2. The van der Waals surface area contributed by atoms with Gasteiger partial charge >= 0.3 is 0 Å². The molecular weight excluding hydrogens is 599 g/mol. The van der Waals surface area contributed by atoms with Crippen LogP contribution < -0.4 is 0 Å². The molecule has 0 heterocycles. The maximum Gasteiger partial charge on any atom is 0.141 e. The zero-order chi connectivity index (χ0) is 36.0. The molecule has 0 rings (SSSR count). The highest BCUT2D eigenvalue weighted by molar-refractivity contribution is 5.00. The molecule has 0 aromatic heterocycles. The van der Waals surface area contributed by atoms with Crippen LogP contribution in [0.2, 0.25) is 0 Å². The van der Waals surface area contributed by atoms with Gasteiger partial charge in [0.2, 0.25) is 0 Å². The second kappa shape index (κ2) is 38.2. The van der Waals surface area contributed by atoms with E-state index in [2.05, 4.69) is 46.6 Å². The van der Waals surface area contributed by atoms with E-state index in [1.807, 2.05) is 0 Å². The van der Waals surface area contributed by atoms with Crippen molar-refractivity contribution in [2.45, 2.75) is 233 Å². The second-order valence-electron chi connectivity index (χ2n) is 15.4. The Morgan fingerprint density at radius 3 is 1.39 bits per heavy atom. The highest BCUT2D eigenvalue weighted by Gasteiger charge is 2.15. The van der Waals surface area contributed by atoms with Crippen molar-refractivity contribution in [3.8, 4) is 0 Å². The van der Waals surface area contributed by atoms with E-state index >= 15 is 0 Å². The van der Waals surface area contributed by atoms with Gasteiger partial charge in [-0.1, -0.05) is 200 Å². The average molecular weight is 688 g/mol. The van der Waals surface area contributed by atoms with Crippen molar-refractivity contribution in [3.63, 3.8) is 0 Å². The van der Waals surface area contributed by atoms with Gasteiger partial charge in [-0.25, -0.2) is 0 Å². The van der Waals surface area contributed by atoms with Crippen LogP contribution in [-0.2, 0) is 4.74 Å². The Balaban J connectivity index is 3.71. The smallest absolute Gasteiger partial charge is 0.141 e. The molecule has 0 fully saturated rings. The van der Waals surface area contributed by atoms with Crippen LogP contribution in [-0.4, -0.2) is 30.0 Å². The van der Waals surface area contributed by atoms with E-state index in [4.69, 9.17) is 4.74 Å². The molecule has 0 amide bonds. The largest absolute Gasteiger partial charge is 0.490 e. The first-order valence-corrected chi connectivity index (χ1v) is 22.2. The molecule has 0 aliphatic carbocycles. The second-order valence-corrected chi connectivity index (χ2v) is 15.4. The lowest BCUT2D eigenvalue weighted by Crippen LogP contribution is -2.21. The van der Waals surface area contributed by atoms with Crippen molar-refractivity contribution < 1.29 is 9.94 Å². The summed E-state index contributed by atoms with van der Waals surface area (Å²) in [6.07, 6.45) is 41.3. The van der Waals surface area contributed by atoms with Crippen LogP contribution in [0.15, 0.2) is 30.2 Å². The molecule has 49 heavy (non-hydrogen) atoms. The number of rotatable bonds is 40. The summed E-state index contributed by atoms with van der Waals surface area (Å²) in [7, 11) is 0. The number of ether oxygens (including phenoxy) is 1. The zero-order valence-corrected chi connectivity index (χ0v) is 34.1. The monoisotopic (exact) mass is 688 g/mol. The molecule has 1 N–H and O–H groups in total. The van der Waals surface area contributed by atoms with E-state index in [0.29, 0.717) is 5.92 Å². The van der Waals surface area contributed by atoms with Crippen LogP contribution in [0, 0.1) is 11.8 Å². The molecule has 3 heteroatoms. The van der Waals surface area contributed by atoms with Crippen LogP contribution in [0.5, 0.6) is 0 Å². The molecule has 0 saturated carbocycles. The van der Waals surface area contributed by atoms with Gasteiger partial charge in [0.1, 0.15) is 5.76 Å². The summed E-state index contributed by atoms with van der Waals surface area (Å²) >= 11 is 0. The SMILES string of the molecule is C=C=C(OCCCCCCCCCN(O)CCCCCCCCCCC(=C)C(CCCC)CCCCCC)C(CCCC)CCCCCC. The molecule has 0 aliphatic heterocycles. The first kappa shape index (κ1) is 48.0.